The second-order valence-electron chi connectivity index (χ2n) is 3.73. The van der Waals surface area contributed by atoms with Crippen LogP contribution in [0.1, 0.15) is 38.5 Å². The number of carbonyl (C=O) groups is 4. The van der Waals surface area contributed by atoms with Crippen molar-refractivity contribution in [2.24, 2.45) is 0 Å². The lowest BCUT2D eigenvalue weighted by atomic mass is 10.3. The van der Waals surface area contributed by atoms with E-state index in [9.17, 15) is 19.2 Å². The predicted molar refractivity (Wildman–Crippen MR) is 72.4 cm³/mol. The molecule has 0 aliphatic carbocycles. The van der Waals surface area contributed by atoms with Crippen molar-refractivity contribution >= 4 is 23.9 Å². The van der Waals surface area contributed by atoms with Gasteiger partial charge in [-0.1, -0.05) is 0 Å². The van der Waals surface area contributed by atoms with E-state index in [2.05, 4.69) is 0 Å². The van der Waals surface area contributed by atoms with Crippen LogP contribution in [-0.2, 0) is 19.2 Å². The fourth-order valence-electron chi connectivity index (χ4n) is 0.651. The monoisotopic (exact) mass is 326 g/mol. The van der Waals surface area contributed by atoms with Gasteiger partial charge in [0.15, 0.2) is 0 Å². The molecule has 0 saturated carbocycles. The lowest BCUT2D eigenvalue weighted by Gasteiger charge is -1.85. The number of carboxylic acids is 4. The minimum absolute atomic E-state index is 0.195. The fourth-order valence-corrected chi connectivity index (χ4v) is 0.651. The summed E-state index contributed by atoms with van der Waals surface area (Å²) in [7, 11) is 0. The number of aliphatic hydroxyl groups excluding tert-OH is 2. The van der Waals surface area contributed by atoms with Crippen LogP contribution in [0, 0.1) is 0 Å². The Morgan fingerprint density at radius 2 is 0.682 bits per heavy atom. The van der Waals surface area contributed by atoms with Crippen LogP contribution in [0.25, 0.3) is 0 Å². The van der Waals surface area contributed by atoms with Gasteiger partial charge in [0.1, 0.15) is 0 Å². The molecule has 0 rings (SSSR count). The smallest absolute Gasteiger partial charge is 0.303 e. The van der Waals surface area contributed by atoms with Gasteiger partial charge >= 0.3 is 23.9 Å². The van der Waals surface area contributed by atoms with E-state index in [0.717, 1.165) is 12.8 Å². The molecule has 0 spiro atoms. The topological polar surface area (TPSA) is 190 Å². The lowest BCUT2D eigenvalue weighted by molar-refractivity contribution is -0.143. The van der Waals surface area contributed by atoms with Gasteiger partial charge in [0.05, 0.1) is 25.7 Å². The average molecular weight is 326 g/mol. The normalized spacial score (nSPS) is 8.64. The molecule has 130 valence electrons. The van der Waals surface area contributed by atoms with Crippen molar-refractivity contribution < 1.29 is 49.8 Å². The van der Waals surface area contributed by atoms with E-state index in [4.69, 9.17) is 30.6 Å². The maximum absolute atomic E-state index is 9.64. The molecule has 0 unspecified atom stereocenters. The van der Waals surface area contributed by atoms with Crippen molar-refractivity contribution in [3.05, 3.63) is 0 Å². The number of carboxylic acid groups (broad SMARTS) is 4. The quantitative estimate of drug-likeness (QED) is 0.304. The Morgan fingerprint density at radius 1 is 0.500 bits per heavy atom. The summed E-state index contributed by atoms with van der Waals surface area (Å²) in [6.07, 6.45) is 0.252. The molecule has 0 aliphatic rings. The van der Waals surface area contributed by atoms with Crippen LogP contribution < -0.4 is 0 Å². The molecule has 0 fully saturated rings. The molecule has 10 heteroatoms. The average Bonchev–Trinajstić information content (AvgIpc) is 2.42. The molecule has 10 nitrogen and oxygen atoms in total. The highest BCUT2D eigenvalue weighted by Crippen LogP contribution is 1.86. The van der Waals surface area contributed by atoms with Gasteiger partial charge in [0.25, 0.3) is 0 Å². The Bertz CT molecular complexity index is 266. The SMILES string of the molecule is O=C(O)CCC(=O)O.O=C(O)CCC(=O)O.OCCCCO. The molecule has 0 aromatic heterocycles. The van der Waals surface area contributed by atoms with Crippen molar-refractivity contribution in [3.8, 4) is 0 Å². The molecule has 0 aromatic carbocycles. The summed E-state index contributed by atoms with van der Waals surface area (Å²) in [6.45, 7) is 0.390. The third kappa shape index (κ3) is 43.1. The lowest BCUT2D eigenvalue weighted by Crippen LogP contribution is -2.00. The van der Waals surface area contributed by atoms with E-state index in [-0.39, 0.29) is 38.9 Å². The summed E-state index contributed by atoms with van der Waals surface area (Å²) in [5, 5.41) is 47.8. The second kappa shape index (κ2) is 18.8. The first-order valence-electron chi connectivity index (χ1n) is 6.26. The molecule has 6 N–H and O–H groups in total. The van der Waals surface area contributed by atoms with Crippen LogP contribution >= 0.6 is 0 Å². The standard InChI is InChI=1S/2C4H6O4.C4H10O2/c2*5-3(6)1-2-4(7)8;5-3-1-2-4-6/h2*1-2H2,(H,5,6)(H,7,8);5-6H,1-4H2. The van der Waals surface area contributed by atoms with Gasteiger partial charge in [-0.3, -0.25) is 19.2 Å². The zero-order chi connectivity index (χ0) is 18.0. The van der Waals surface area contributed by atoms with Crippen LogP contribution in [0.2, 0.25) is 0 Å². The molecule has 22 heavy (non-hydrogen) atoms. The van der Waals surface area contributed by atoms with Crippen LogP contribution in [-0.4, -0.2) is 67.7 Å². The first-order valence-corrected chi connectivity index (χ1v) is 6.26. The Morgan fingerprint density at radius 3 is 0.773 bits per heavy atom. The summed E-state index contributed by atoms with van der Waals surface area (Å²) in [4.78, 5) is 38.6. The van der Waals surface area contributed by atoms with E-state index in [1.54, 1.807) is 0 Å². The molecule has 0 saturated heterocycles. The summed E-state index contributed by atoms with van der Waals surface area (Å²) >= 11 is 0. The van der Waals surface area contributed by atoms with Crippen molar-refractivity contribution in [2.45, 2.75) is 38.5 Å². The first kappa shape index (κ1) is 24.8. The second-order valence-corrected chi connectivity index (χ2v) is 3.73. The van der Waals surface area contributed by atoms with Gasteiger partial charge in [-0.25, -0.2) is 0 Å². The molecule has 0 heterocycles. The summed E-state index contributed by atoms with van der Waals surface area (Å²) in [6, 6.07) is 0. The highest BCUT2D eigenvalue weighted by molar-refractivity contribution is 5.75. The molecule has 0 bridgehead atoms. The number of aliphatic carboxylic acids is 4. The molecular formula is C12H22O10. The molecule has 0 aromatic rings. The molecule has 0 amide bonds. The van der Waals surface area contributed by atoms with Gasteiger partial charge in [0, 0.05) is 13.2 Å². The highest BCUT2D eigenvalue weighted by Gasteiger charge is 2.01. The van der Waals surface area contributed by atoms with E-state index in [0.29, 0.717) is 0 Å². The maximum Gasteiger partial charge on any atom is 0.303 e. The first-order chi connectivity index (χ1) is 10.2. The van der Waals surface area contributed by atoms with Crippen LogP contribution in [0.5, 0.6) is 0 Å². The van der Waals surface area contributed by atoms with Crippen molar-refractivity contribution in [1.82, 2.24) is 0 Å². The number of rotatable bonds is 9. The van der Waals surface area contributed by atoms with Crippen LogP contribution in [0.3, 0.4) is 0 Å². The predicted octanol–water partition coefficient (Wildman–Crippen LogP) is -0.377. The largest absolute Gasteiger partial charge is 0.481 e. The Hall–Kier alpha value is -2.20. The fraction of sp³-hybridized carbons (Fsp3) is 0.667. The van der Waals surface area contributed by atoms with Gasteiger partial charge < -0.3 is 30.6 Å². The summed E-state index contributed by atoms with van der Waals surface area (Å²) in [5.74, 6) is -4.31. The van der Waals surface area contributed by atoms with Crippen LogP contribution in [0.4, 0.5) is 0 Å². The van der Waals surface area contributed by atoms with Crippen molar-refractivity contribution in [3.63, 3.8) is 0 Å². The number of hydrogen-bond donors (Lipinski definition) is 6. The van der Waals surface area contributed by atoms with Crippen LogP contribution in [0.15, 0.2) is 0 Å². The van der Waals surface area contributed by atoms with Gasteiger partial charge in [-0.05, 0) is 12.8 Å². The van der Waals surface area contributed by atoms with Gasteiger partial charge in [0.2, 0.25) is 0 Å². The molecule has 0 radical (unpaired) electrons. The van der Waals surface area contributed by atoms with E-state index in [1.807, 2.05) is 0 Å². The number of aliphatic hydroxyl groups is 2. The minimum atomic E-state index is -1.08. The molecular weight excluding hydrogens is 304 g/mol. The van der Waals surface area contributed by atoms with Crippen molar-refractivity contribution in [2.75, 3.05) is 13.2 Å². The van der Waals surface area contributed by atoms with Crippen molar-refractivity contribution in [1.29, 1.82) is 0 Å². The summed E-state index contributed by atoms with van der Waals surface area (Å²) in [5.41, 5.74) is 0. The minimum Gasteiger partial charge on any atom is -0.481 e. The van der Waals surface area contributed by atoms with Gasteiger partial charge in [-0.15, -0.1) is 0 Å². The highest BCUT2D eigenvalue weighted by atomic mass is 16.4. The van der Waals surface area contributed by atoms with E-state index in [1.165, 1.54) is 0 Å². The Kier molecular flexibility index (Phi) is 21.2. The molecule has 0 aliphatic heterocycles. The summed E-state index contributed by atoms with van der Waals surface area (Å²) < 4.78 is 0. The Labute approximate surface area is 126 Å². The third-order valence-corrected chi connectivity index (χ3v) is 1.67. The third-order valence-electron chi connectivity index (χ3n) is 1.67. The Balaban J connectivity index is -0.000000249. The number of unbranched alkanes of at least 4 members (excludes halogenated alkanes) is 1. The maximum atomic E-state index is 9.64. The zero-order valence-corrected chi connectivity index (χ0v) is 12.0. The zero-order valence-electron chi connectivity index (χ0n) is 12.0. The number of hydrogen-bond acceptors (Lipinski definition) is 6. The van der Waals surface area contributed by atoms with E-state index >= 15 is 0 Å². The van der Waals surface area contributed by atoms with Gasteiger partial charge in [-0.2, -0.15) is 0 Å². The molecule has 0 atom stereocenters. The van der Waals surface area contributed by atoms with E-state index < -0.39 is 23.9 Å².